The normalized spacial score (nSPS) is 11.8. The Kier molecular flexibility index (Phi) is 4.85. The van der Waals surface area contributed by atoms with Crippen LogP contribution in [0.3, 0.4) is 0 Å². The van der Waals surface area contributed by atoms with Crippen LogP contribution in [0, 0.1) is 0 Å². The van der Waals surface area contributed by atoms with Gasteiger partial charge in [0.2, 0.25) is 0 Å². The number of ether oxygens (including phenoxy) is 1. The Morgan fingerprint density at radius 2 is 2.10 bits per heavy atom. The third-order valence-corrected chi connectivity index (χ3v) is 4.69. The Morgan fingerprint density at radius 3 is 2.80 bits per heavy atom. The fraction of sp³-hybridized carbons (Fsp3) is 0.462. The molecule has 0 saturated heterocycles. The van der Waals surface area contributed by atoms with E-state index in [0.29, 0.717) is 20.3 Å². The van der Waals surface area contributed by atoms with Crippen molar-refractivity contribution >= 4 is 26.8 Å². The summed E-state index contributed by atoms with van der Waals surface area (Å²) in [6.07, 6.45) is 1.94. The van der Waals surface area contributed by atoms with E-state index in [1.54, 1.807) is 6.07 Å². The minimum absolute atomic E-state index is 0.363. The predicted octanol–water partition coefficient (Wildman–Crippen LogP) is 2.25. The zero-order chi connectivity index (χ0) is 14.6. The molecular weight excluding hydrogens is 271 g/mol. The lowest BCUT2D eigenvalue weighted by atomic mass is 10.3. The van der Waals surface area contributed by atoms with Crippen LogP contribution in [-0.4, -0.2) is 36.9 Å². The molecule has 0 amide bonds. The van der Waals surface area contributed by atoms with Crippen LogP contribution >= 0.6 is 0 Å². The maximum Gasteiger partial charge on any atom is 0.570 e. The molecule has 20 heavy (non-hydrogen) atoms. The van der Waals surface area contributed by atoms with Crippen LogP contribution in [0.5, 0.6) is 5.88 Å². The van der Waals surface area contributed by atoms with Crippen LogP contribution in [0.1, 0.15) is 0 Å². The highest BCUT2D eigenvalue weighted by Crippen LogP contribution is 2.18. The number of aromatic nitrogens is 2. The van der Waals surface area contributed by atoms with Crippen molar-refractivity contribution in [3.05, 3.63) is 24.4 Å². The monoisotopic (exact) mass is 291 g/mol. The van der Waals surface area contributed by atoms with Crippen LogP contribution in [-0.2, 0) is 11.5 Å². The SMILES string of the molecule is C[Si](C)(C)CCOCn1ccc2ccc(O[B]O)nc21. The minimum Gasteiger partial charge on any atom is -0.523 e. The standard InChI is InChI=1S/C13H20BN2O3Si/c1-20(2,3)9-8-18-10-16-7-6-11-4-5-12(19-14-17)15-13(11)16/h4-7,17H,8-10H2,1-3H3. The Morgan fingerprint density at radius 1 is 1.30 bits per heavy atom. The molecular formula is C13H20BN2O3Si. The third-order valence-electron chi connectivity index (χ3n) is 2.99. The molecule has 0 bridgehead atoms. The van der Waals surface area contributed by atoms with Gasteiger partial charge in [0.15, 0.2) is 5.88 Å². The Labute approximate surface area is 120 Å². The van der Waals surface area contributed by atoms with Gasteiger partial charge in [-0.1, -0.05) is 19.6 Å². The second kappa shape index (κ2) is 6.43. The van der Waals surface area contributed by atoms with Crippen LogP contribution < -0.4 is 4.65 Å². The summed E-state index contributed by atoms with van der Waals surface area (Å²) >= 11 is 0. The van der Waals surface area contributed by atoms with Crippen molar-refractivity contribution in [1.29, 1.82) is 0 Å². The number of rotatable bonds is 7. The number of pyridine rings is 1. The Balaban J connectivity index is 2.01. The molecule has 107 valence electrons. The van der Waals surface area contributed by atoms with Crippen molar-refractivity contribution in [2.45, 2.75) is 32.4 Å². The molecule has 2 rings (SSSR count). The van der Waals surface area contributed by atoms with E-state index in [4.69, 9.17) is 14.4 Å². The predicted molar refractivity (Wildman–Crippen MR) is 82.4 cm³/mol. The van der Waals surface area contributed by atoms with Gasteiger partial charge in [0.1, 0.15) is 12.4 Å². The molecule has 1 N–H and O–H groups in total. The van der Waals surface area contributed by atoms with E-state index in [9.17, 15) is 0 Å². The van der Waals surface area contributed by atoms with E-state index >= 15 is 0 Å². The van der Waals surface area contributed by atoms with Gasteiger partial charge >= 0.3 is 7.69 Å². The summed E-state index contributed by atoms with van der Waals surface area (Å²) in [5.74, 6) is 0.363. The molecule has 1 radical (unpaired) electrons. The summed E-state index contributed by atoms with van der Waals surface area (Å²) < 4.78 is 12.5. The molecule has 0 aromatic carbocycles. The summed E-state index contributed by atoms with van der Waals surface area (Å²) in [6, 6.07) is 6.75. The first kappa shape index (κ1) is 15.1. The smallest absolute Gasteiger partial charge is 0.523 e. The second-order valence-corrected chi connectivity index (χ2v) is 11.5. The van der Waals surface area contributed by atoms with E-state index in [1.807, 2.05) is 22.9 Å². The molecule has 2 heterocycles. The van der Waals surface area contributed by atoms with Crippen molar-refractivity contribution in [3.8, 4) is 5.88 Å². The maximum absolute atomic E-state index is 8.65. The fourth-order valence-corrected chi connectivity index (χ4v) is 2.56. The summed E-state index contributed by atoms with van der Waals surface area (Å²) in [5.41, 5.74) is 0.789. The highest BCUT2D eigenvalue weighted by molar-refractivity contribution is 6.76. The van der Waals surface area contributed by atoms with E-state index in [2.05, 4.69) is 24.6 Å². The van der Waals surface area contributed by atoms with Crippen LogP contribution in [0.4, 0.5) is 0 Å². The second-order valence-electron chi connectivity index (χ2n) is 5.92. The first-order chi connectivity index (χ1) is 9.49. The summed E-state index contributed by atoms with van der Waals surface area (Å²) in [5, 5.41) is 9.66. The van der Waals surface area contributed by atoms with Crippen molar-refractivity contribution in [1.82, 2.24) is 9.55 Å². The van der Waals surface area contributed by atoms with E-state index in [1.165, 1.54) is 0 Å². The highest BCUT2D eigenvalue weighted by Gasteiger charge is 2.12. The molecule has 5 nitrogen and oxygen atoms in total. The molecule has 0 unspecified atom stereocenters. The first-order valence-electron chi connectivity index (χ1n) is 6.66. The lowest BCUT2D eigenvalue weighted by molar-refractivity contribution is 0.0898. The van der Waals surface area contributed by atoms with Crippen LogP contribution in [0.2, 0.25) is 25.7 Å². The lowest BCUT2D eigenvalue weighted by Gasteiger charge is -2.15. The molecule has 7 heteroatoms. The molecule has 0 aliphatic rings. The van der Waals surface area contributed by atoms with Crippen molar-refractivity contribution < 1.29 is 14.4 Å². The van der Waals surface area contributed by atoms with E-state index < -0.39 is 8.07 Å². The lowest BCUT2D eigenvalue weighted by Crippen LogP contribution is -2.22. The van der Waals surface area contributed by atoms with Gasteiger partial charge in [-0.3, -0.25) is 0 Å². The summed E-state index contributed by atoms with van der Waals surface area (Å²) in [6.45, 7) is 8.25. The molecule has 0 fully saturated rings. The summed E-state index contributed by atoms with van der Waals surface area (Å²) in [4.78, 5) is 4.33. The van der Waals surface area contributed by atoms with Gasteiger partial charge in [-0.05, 0) is 24.2 Å². The summed E-state index contributed by atoms with van der Waals surface area (Å²) in [7, 11) is -0.424. The van der Waals surface area contributed by atoms with Gasteiger partial charge in [-0.15, -0.1) is 0 Å². The average molecular weight is 291 g/mol. The van der Waals surface area contributed by atoms with E-state index in [0.717, 1.165) is 23.7 Å². The molecule has 2 aromatic rings. The Hall–Kier alpha value is -1.31. The maximum atomic E-state index is 8.65. The number of hydrogen-bond acceptors (Lipinski definition) is 4. The number of nitrogens with zero attached hydrogens (tertiary/aromatic N) is 2. The zero-order valence-electron chi connectivity index (χ0n) is 12.2. The van der Waals surface area contributed by atoms with Gasteiger partial charge in [0, 0.05) is 26.3 Å². The van der Waals surface area contributed by atoms with Crippen molar-refractivity contribution in [2.24, 2.45) is 0 Å². The van der Waals surface area contributed by atoms with Gasteiger partial charge in [-0.25, -0.2) is 0 Å². The molecule has 0 spiro atoms. The highest BCUT2D eigenvalue weighted by atomic mass is 28.3. The van der Waals surface area contributed by atoms with Crippen LogP contribution in [0.25, 0.3) is 11.0 Å². The molecule has 0 saturated carbocycles. The molecule has 2 aromatic heterocycles. The van der Waals surface area contributed by atoms with Crippen molar-refractivity contribution in [2.75, 3.05) is 6.61 Å². The van der Waals surface area contributed by atoms with Gasteiger partial charge < -0.3 is 19.0 Å². The third kappa shape index (κ3) is 4.09. The number of fused-ring (bicyclic) bond motifs is 1. The van der Waals surface area contributed by atoms with Crippen molar-refractivity contribution in [3.63, 3.8) is 0 Å². The Bertz CT molecular complexity index is 568. The minimum atomic E-state index is -1.05. The van der Waals surface area contributed by atoms with Gasteiger partial charge in [0.25, 0.3) is 0 Å². The van der Waals surface area contributed by atoms with E-state index in [-0.39, 0.29) is 0 Å². The largest absolute Gasteiger partial charge is 0.570 e. The zero-order valence-corrected chi connectivity index (χ0v) is 13.2. The topological polar surface area (TPSA) is 56.5 Å². The molecule has 0 atom stereocenters. The number of hydrogen-bond donors (Lipinski definition) is 1. The quantitative estimate of drug-likeness (QED) is 0.628. The first-order valence-corrected chi connectivity index (χ1v) is 10.4. The van der Waals surface area contributed by atoms with Gasteiger partial charge in [-0.2, -0.15) is 4.98 Å². The molecule has 0 aliphatic carbocycles. The van der Waals surface area contributed by atoms with Gasteiger partial charge in [0.05, 0.1) is 0 Å². The van der Waals surface area contributed by atoms with Crippen LogP contribution in [0.15, 0.2) is 24.4 Å². The average Bonchev–Trinajstić information content (AvgIpc) is 2.77. The molecule has 0 aliphatic heterocycles. The fourth-order valence-electron chi connectivity index (χ4n) is 1.81.